The van der Waals surface area contributed by atoms with Gasteiger partial charge in [-0.25, -0.2) is 4.39 Å². The number of hydrazine groups is 1. The van der Waals surface area contributed by atoms with Crippen LogP contribution >= 0.6 is 0 Å². The summed E-state index contributed by atoms with van der Waals surface area (Å²) in [5, 5.41) is 0. The number of para-hydroxylation sites is 1. The van der Waals surface area contributed by atoms with Crippen molar-refractivity contribution in [2.45, 2.75) is 0 Å². The molecular weight excluding hydrogens is 191 g/mol. The molecule has 0 aromatic heterocycles. The van der Waals surface area contributed by atoms with Gasteiger partial charge in [-0.3, -0.25) is 0 Å². The van der Waals surface area contributed by atoms with Crippen LogP contribution in [0, 0.1) is 5.82 Å². The van der Waals surface area contributed by atoms with E-state index >= 15 is 0 Å². The van der Waals surface area contributed by atoms with Crippen molar-refractivity contribution < 1.29 is 4.39 Å². The first-order chi connectivity index (χ1) is 7.34. The highest BCUT2D eigenvalue weighted by atomic mass is 19.1. The number of nitrogens with one attached hydrogen (secondary N) is 2. The van der Waals surface area contributed by atoms with E-state index in [0.29, 0.717) is 0 Å². The summed E-state index contributed by atoms with van der Waals surface area (Å²) in [6, 6.07) is 15.9. The lowest BCUT2D eigenvalue weighted by Crippen LogP contribution is -2.07. The molecule has 0 unspecified atom stereocenters. The van der Waals surface area contributed by atoms with Gasteiger partial charge in [0, 0.05) is 0 Å². The first kappa shape index (κ1) is 9.52. The molecular formula is C12H11FN2. The third-order valence-corrected chi connectivity index (χ3v) is 1.97. The fourth-order valence-corrected chi connectivity index (χ4v) is 1.20. The van der Waals surface area contributed by atoms with Gasteiger partial charge in [0.2, 0.25) is 0 Å². The van der Waals surface area contributed by atoms with E-state index in [0.717, 1.165) is 11.4 Å². The maximum absolute atomic E-state index is 12.6. The van der Waals surface area contributed by atoms with Gasteiger partial charge in [-0.05, 0) is 36.4 Å². The van der Waals surface area contributed by atoms with Crippen LogP contribution in [0.2, 0.25) is 0 Å². The fourth-order valence-electron chi connectivity index (χ4n) is 1.20. The van der Waals surface area contributed by atoms with Gasteiger partial charge in [0.15, 0.2) is 0 Å². The Bertz CT molecular complexity index is 411. The molecule has 3 heteroatoms. The first-order valence-electron chi connectivity index (χ1n) is 4.67. The normalized spacial score (nSPS) is 9.67. The number of hydrogen-bond acceptors (Lipinski definition) is 2. The Morgan fingerprint density at radius 2 is 1.20 bits per heavy atom. The van der Waals surface area contributed by atoms with E-state index in [9.17, 15) is 4.39 Å². The van der Waals surface area contributed by atoms with Gasteiger partial charge in [0.25, 0.3) is 0 Å². The van der Waals surface area contributed by atoms with Gasteiger partial charge >= 0.3 is 0 Å². The van der Waals surface area contributed by atoms with Crippen molar-refractivity contribution in [1.82, 2.24) is 0 Å². The summed E-state index contributed by atoms with van der Waals surface area (Å²) in [6.07, 6.45) is 0. The summed E-state index contributed by atoms with van der Waals surface area (Å²) in [7, 11) is 0. The van der Waals surface area contributed by atoms with Crippen molar-refractivity contribution in [2.75, 3.05) is 10.9 Å². The molecule has 0 aliphatic rings. The fraction of sp³-hybridized carbons (Fsp3) is 0. The summed E-state index contributed by atoms with van der Waals surface area (Å²) < 4.78 is 12.6. The summed E-state index contributed by atoms with van der Waals surface area (Å²) in [4.78, 5) is 0. The molecule has 0 aliphatic heterocycles. The zero-order valence-corrected chi connectivity index (χ0v) is 8.07. The molecule has 0 atom stereocenters. The summed E-state index contributed by atoms with van der Waals surface area (Å²) in [6.45, 7) is 0. The Hall–Kier alpha value is -2.03. The molecule has 2 aromatic rings. The quantitative estimate of drug-likeness (QED) is 0.746. The molecule has 2 rings (SSSR count). The maximum atomic E-state index is 12.6. The highest BCUT2D eigenvalue weighted by Gasteiger charge is 1.92. The molecule has 0 bridgehead atoms. The Kier molecular flexibility index (Phi) is 2.83. The van der Waals surface area contributed by atoms with Crippen LogP contribution in [-0.2, 0) is 0 Å². The van der Waals surface area contributed by atoms with Gasteiger partial charge in [-0.15, -0.1) is 0 Å². The highest BCUT2D eigenvalue weighted by molar-refractivity contribution is 5.51. The second-order valence-corrected chi connectivity index (χ2v) is 3.12. The molecule has 0 radical (unpaired) electrons. The summed E-state index contributed by atoms with van der Waals surface area (Å²) in [5.41, 5.74) is 7.76. The Morgan fingerprint density at radius 3 is 1.80 bits per heavy atom. The molecule has 0 fully saturated rings. The second-order valence-electron chi connectivity index (χ2n) is 3.12. The molecule has 0 spiro atoms. The lowest BCUT2D eigenvalue weighted by molar-refractivity contribution is 0.628. The van der Waals surface area contributed by atoms with Crippen molar-refractivity contribution in [1.29, 1.82) is 0 Å². The molecule has 2 nitrogen and oxygen atoms in total. The Labute approximate surface area is 87.7 Å². The minimum atomic E-state index is -0.236. The molecule has 0 saturated carbocycles. The van der Waals surface area contributed by atoms with Crippen LogP contribution in [0.25, 0.3) is 0 Å². The first-order valence-corrected chi connectivity index (χ1v) is 4.67. The summed E-state index contributed by atoms with van der Waals surface area (Å²) in [5.74, 6) is -0.236. The molecule has 0 amide bonds. The van der Waals surface area contributed by atoms with Crippen LogP contribution in [0.3, 0.4) is 0 Å². The molecule has 0 aliphatic carbocycles. The van der Waals surface area contributed by atoms with Crippen LogP contribution in [0.1, 0.15) is 0 Å². The zero-order valence-electron chi connectivity index (χ0n) is 8.07. The topological polar surface area (TPSA) is 24.1 Å². The average molecular weight is 202 g/mol. The molecule has 2 N–H and O–H groups in total. The average Bonchev–Trinajstić information content (AvgIpc) is 2.30. The van der Waals surface area contributed by atoms with Crippen molar-refractivity contribution in [3.05, 3.63) is 60.4 Å². The number of halogens is 1. The van der Waals surface area contributed by atoms with E-state index in [4.69, 9.17) is 0 Å². The van der Waals surface area contributed by atoms with E-state index in [2.05, 4.69) is 10.9 Å². The van der Waals surface area contributed by atoms with Crippen molar-refractivity contribution >= 4 is 11.4 Å². The summed E-state index contributed by atoms with van der Waals surface area (Å²) >= 11 is 0. The number of benzene rings is 2. The lowest BCUT2D eigenvalue weighted by atomic mass is 10.3. The number of rotatable bonds is 3. The maximum Gasteiger partial charge on any atom is 0.123 e. The molecule has 76 valence electrons. The highest BCUT2D eigenvalue weighted by Crippen LogP contribution is 2.10. The second kappa shape index (κ2) is 4.46. The Balaban J connectivity index is 1.96. The number of hydrogen-bond donors (Lipinski definition) is 2. The SMILES string of the molecule is Fc1ccc(NNc2ccccc2)cc1. The third kappa shape index (κ3) is 2.71. The van der Waals surface area contributed by atoms with Crippen LogP contribution in [0.4, 0.5) is 15.8 Å². The van der Waals surface area contributed by atoms with E-state index in [1.807, 2.05) is 30.3 Å². The number of anilines is 2. The van der Waals surface area contributed by atoms with Crippen LogP contribution in [0.15, 0.2) is 54.6 Å². The predicted octanol–water partition coefficient (Wildman–Crippen LogP) is 3.26. The standard InChI is InChI=1S/C12H11FN2/c13-10-6-8-12(9-7-10)15-14-11-4-2-1-3-5-11/h1-9,14-15H. The molecule has 0 heterocycles. The minimum Gasteiger partial charge on any atom is -0.301 e. The van der Waals surface area contributed by atoms with Gasteiger partial charge < -0.3 is 10.9 Å². The Morgan fingerprint density at radius 1 is 0.667 bits per heavy atom. The van der Waals surface area contributed by atoms with Crippen LogP contribution < -0.4 is 10.9 Å². The van der Waals surface area contributed by atoms with Crippen molar-refractivity contribution in [3.8, 4) is 0 Å². The molecule has 2 aromatic carbocycles. The van der Waals surface area contributed by atoms with Gasteiger partial charge in [0.1, 0.15) is 5.82 Å². The van der Waals surface area contributed by atoms with E-state index < -0.39 is 0 Å². The predicted molar refractivity (Wildman–Crippen MR) is 60.1 cm³/mol. The molecule has 0 saturated heterocycles. The zero-order chi connectivity index (χ0) is 10.5. The minimum absolute atomic E-state index is 0.236. The van der Waals surface area contributed by atoms with Crippen LogP contribution in [0.5, 0.6) is 0 Å². The van der Waals surface area contributed by atoms with Gasteiger partial charge in [0.05, 0.1) is 11.4 Å². The molecule has 15 heavy (non-hydrogen) atoms. The monoisotopic (exact) mass is 202 g/mol. The smallest absolute Gasteiger partial charge is 0.123 e. The van der Waals surface area contributed by atoms with Gasteiger partial charge in [-0.2, -0.15) is 0 Å². The third-order valence-electron chi connectivity index (χ3n) is 1.97. The van der Waals surface area contributed by atoms with E-state index in [1.54, 1.807) is 12.1 Å². The van der Waals surface area contributed by atoms with Crippen molar-refractivity contribution in [3.63, 3.8) is 0 Å². The van der Waals surface area contributed by atoms with Crippen LogP contribution in [-0.4, -0.2) is 0 Å². The van der Waals surface area contributed by atoms with Gasteiger partial charge in [-0.1, -0.05) is 18.2 Å². The van der Waals surface area contributed by atoms with E-state index in [-0.39, 0.29) is 5.82 Å². The van der Waals surface area contributed by atoms with Crippen molar-refractivity contribution in [2.24, 2.45) is 0 Å². The largest absolute Gasteiger partial charge is 0.301 e. The van der Waals surface area contributed by atoms with E-state index in [1.165, 1.54) is 12.1 Å². The lowest BCUT2D eigenvalue weighted by Gasteiger charge is -2.08.